The van der Waals surface area contributed by atoms with Crippen LogP contribution in [0, 0.1) is 11.8 Å². The molecule has 5 heteroatoms. The highest BCUT2D eigenvalue weighted by Crippen LogP contribution is 2.33. The van der Waals surface area contributed by atoms with Crippen LogP contribution in [0.5, 0.6) is 0 Å². The van der Waals surface area contributed by atoms with Crippen LogP contribution in [0.4, 0.5) is 0 Å². The largest absolute Gasteiger partial charge is 0.457 e. The normalized spacial score (nSPS) is 21.4. The minimum absolute atomic E-state index is 0.201. The van der Waals surface area contributed by atoms with Crippen LogP contribution in [0.3, 0.4) is 0 Å². The van der Waals surface area contributed by atoms with Gasteiger partial charge in [0.05, 0.1) is 11.4 Å². The number of pyridine rings is 1. The molecule has 26 heavy (non-hydrogen) atoms. The molecule has 2 unspecified atom stereocenters. The van der Waals surface area contributed by atoms with Crippen LogP contribution in [0.15, 0.2) is 36.5 Å². The molecular weight excluding hydrogens is 328 g/mol. The summed E-state index contributed by atoms with van der Waals surface area (Å²) in [5.74, 6) is -0.0112. The van der Waals surface area contributed by atoms with Gasteiger partial charge in [-0.3, -0.25) is 14.6 Å². The molecule has 2 heterocycles. The maximum absolute atomic E-state index is 12.6. The van der Waals surface area contributed by atoms with Crippen molar-refractivity contribution < 1.29 is 14.3 Å². The molecule has 5 nitrogen and oxygen atoms in total. The van der Waals surface area contributed by atoms with Crippen LogP contribution in [-0.2, 0) is 14.3 Å². The van der Waals surface area contributed by atoms with E-state index >= 15 is 0 Å². The molecule has 1 saturated carbocycles. The van der Waals surface area contributed by atoms with Crippen LogP contribution in [0.25, 0.3) is 10.9 Å². The first-order valence-electron chi connectivity index (χ1n) is 9.46. The molecule has 1 saturated heterocycles. The lowest BCUT2D eigenvalue weighted by Crippen LogP contribution is -2.43. The first kappa shape index (κ1) is 17.0. The van der Waals surface area contributed by atoms with Crippen molar-refractivity contribution in [2.75, 3.05) is 13.1 Å². The topological polar surface area (TPSA) is 59.5 Å². The molecule has 2 fully saturated rings. The number of ether oxygens (including phenoxy) is 1. The molecule has 136 valence electrons. The van der Waals surface area contributed by atoms with Gasteiger partial charge in [-0.15, -0.1) is 0 Å². The Hall–Kier alpha value is -2.43. The van der Waals surface area contributed by atoms with Gasteiger partial charge in [0, 0.05) is 36.2 Å². The van der Waals surface area contributed by atoms with E-state index in [9.17, 15) is 9.59 Å². The average molecular weight is 352 g/mol. The van der Waals surface area contributed by atoms with Crippen molar-refractivity contribution in [1.82, 2.24) is 9.88 Å². The van der Waals surface area contributed by atoms with Gasteiger partial charge in [0.1, 0.15) is 6.10 Å². The fraction of sp³-hybridized carbons (Fsp3) is 0.476. The molecular formula is C21H24N2O3. The number of nitrogens with zero attached hydrogens (tertiary/aromatic N) is 2. The first-order chi connectivity index (χ1) is 12.6. The summed E-state index contributed by atoms with van der Waals surface area (Å²) in [4.78, 5) is 31.2. The zero-order valence-corrected chi connectivity index (χ0v) is 15.1. The van der Waals surface area contributed by atoms with E-state index in [-0.39, 0.29) is 29.8 Å². The number of carbonyl (C=O) groups is 2. The highest BCUT2D eigenvalue weighted by atomic mass is 16.5. The Morgan fingerprint density at radius 3 is 2.81 bits per heavy atom. The molecule has 1 aromatic heterocycles. The Morgan fingerprint density at radius 1 is 1.19 bits per heavy atom. The molecule has 2 aromatic rings. The molecule has 1 amide bonds. The Balaban J connectivity index is 1.40. The number of aromatic nitrogens is 1. The predicted molar refractivity (Wildman–Crippen MR) is 98.3 cm³/mol. The van der Waals surface area contributed by atoms with Crippen LogP contribution in [-0.4, -0.2) is 34.8 Å². The van der Waals surface area contributed by atoms with Crippen molar-refractivity contribution in [3.63, 3.8) is 0 Å². The Bertz CT molecular complexity index is 831. The summed E-state index contributed by atoms with van der Waals surface area (Å²) in [6.45, 7) is 3.14. The van der Waals surface area contributed by atoms with E-state index in [1.807, 2.05) is 42.2 Å². The van der Waals surface area contributed by atoms with Crippen molar-refractivity contribution in [3.8, 4) is 0 Å². The van der Waals surface area contributed by atoms with E-state index in [1.165, 1.54) is 0 Å². The number of piperidine rings is 1. The van der Waals surface area contributed by atoms with Gasteiger partial charge in [-0.2, -0.15) is 0 Å². The summed E-state index contributed by atoms with van der Waals surface area (Å²) >= 11 is 0. The van der Waals surface area contributed by atoms with Gasteiger partial charge in [0.15, 0.2) is 0 Å². The van der Waals surface area contributed by atoms with Gasteiger partial charge in [-0.1, -0.05) is 18.2 Å². The van der Waals surface area contributed by atoms with Gasteiger partial charge >= 0.3 is 5.97 Å². The van der Waals surface area contributed by atoms with Gasteiger partial charge in [0.25, 0.3) is 0 Å². The number of rotatable bonds is 4. The van der Waals surface area contributed by atoms with Crippen molar-refractivity contribution >= 4 is 22.8 Å². The van der Waals surface area contributed by atoms with E-state index < -0.39 is 0 Å². The number of likely N-dealkylation sites (tertiary alicyclic amines) is 1. The lowest BCUT2D eigenvalue weighted by molar-refractivity contribution is -0.156. The third-order valence-electron chi connectivity index (χ3n) is 5.37. The average Bonchev–Trinajstić information content (AvgIpc) is 3.52. The molecule has 0 radical (unpaired) electrons. The number of benzene rings is 1. The Labute approximate surface area is 153 Å². The van der Waals surface area contributed by atoms with E-state index in [0.29, 0.717) is 6.54 Å². The SMILES string of the molecule is CC(OC(=O)C1CCCN(C(=O)C2CC2)C1)c1cnc2ccccc2c1. The molecule has 2 aliphatic rings. The van der Waals surface area contributed by atoms with E-state index in [1.54, 1.807) is 6.20 Å². The summed E-state index contributed by atoms with van der Waals surface area (Å²) in [6.07, 6.45) is 5.06. The summed E-state index contributed by atoms with van der Waals surface area (Å²) in [7, 11) is 0. The van der Waals surface area contributed by atoms with Crippen molar-refractivity contribution in [2.45, 2.75) is 38.7 Å². The maximum Gasteiger partial charge on any atom is 0.311 e. The molecule has 4 rings (SSSR count). The van der Waals surface area contributed by atoms with Crippen molar-refractivity contribution in [3.05, 3.63) is 42.1 Å². The first-order valence-corrected chi connectivity index (χ1v) is 9.46. The fourth-order valence-corrected chi connectivity index (χ4v) is 3.61. The number of esters is 1. The molecule has 0 bridgehead atoms. The lowest BCUT2D eigenvalue weighted by Gasteiger charge is -2.32. The predicted octanol–water partition coefficient (Wildman–Crippen LogP) is 3.49. The van der Waals surface area contributed by atoms with Crippen LogP contribution in [0.1, 0.15) is 44.3 Å². The van der Waals surface area contributed by atoms with Gasteiger partial charge in [-0.05, 0) is 44.7 Å². The fourth-order valence-electron chi connectivity index (χ4n) is 3.61. The second-order valence-electron chi connectivity index (χ2n) is 7.44. The van der Waals surface area contributed by atoms with Crippen molar-refractivity contribution in [2.24, 2.45) is 11.8 Å². The quantitative estimate of drug-likeness (QED) is 0.791. The number of fused-ring (bicyclic) bond motifs is 1. The highest BCUT2D eigenvalue weighted by molar-refractivity contribution is 5.82. The summed E-state index contributed by atoms with van der Waals surface area (Å²) < 4.78 is 5.71. The number of hydrogen-bond acceptors (Lipinski definition) is 4. The van der Waals surface area contributed by atoms with Crippen LogP contribution in [0.2, 0.25) is 0 Å². The smallest absolute Gasteiger partial charge is 0.311 e. The lowest BCUT2D eigenvalue weighted by atomic mass is 9.97. The summed E-state index contributed by atoms with van der Waals surface area (Å²) in [5, 5.41) is 1.03. The number of amides is 1. The maximum atomic E-state index is 12.6. The van der Waals surface area contributed by atoms with E-state index in [2.05, 4.69) is 4.98 Å². The van der Waals surface area contributed by atoms with Gasteiger partial charge < -0.3 is 9.64 Å². The Morgan fingerprint density at radius 2 is 2.00 bits per heavy atom. The number of hydrogen-bond donors (Lipinski definition) is 0. The monoisotopic (exact) mass is 352 g/mol. The third-order valence-corrected chi connectivity index (χ3v) is 5.37. The van der Waals surface area contributed by atoms with E-state index in [0.717, 1.165) is 48.7 Å². The molecule has 1 aromatic carbocycles. The second kappa shape index (κ2) is 7.06. The molecule has 0 spiro atoms. The van der Waals surface area contributed by atoms with E-state index in [4.69, 9.17) is 4.74 Å². The van der Waals surface area contributed by atoms with Gasteiger partial charge in [0.2, 0.25) is 5.91 Å². The number of para-hydroxylation sites is 1. The minimum atomic E-state index is -0.353. The van der Waals surface area contributed by atoms with Crippen LogP contribution < -0.4 is 0 Å². The zero-order chi connectivity index (χ0) is 18.1. The second-order valence-corrected chi connectivity index (χ2v) is 7.44. The number of carbonyl (C=O) groups excluding carboxylic acids is 2. The third kappa shape index (κ3) is 3.57. The zero-order valence-electron chi connectivity index (χ0n) is 15.1. The molecule has 1 aliphatic heterocycles. The molecule has 0 N–H and O–H groups in total. The molecule has 2 atom stereocenters. The van der Waals surface area contributed by atoms with Crippen molar-refractivity contribution in [1.29, 1.82) is 0 Å². The summed E-state index contributed by atoms with van der Waals surface area (Å²) in [6, 6.07) is 9.91. The highest BCUT2D eigenvalue weighted by Gasteiger charge is 2.37. The van der Waals surface area contributed by atoms with Gasteiger partial charge in [-0.25, -0.2) is 0 Å². The minimum Gasteiger partial charge on any atom is -0.457 e. The standard InChI is InChI=1S/C21H24N2O3/c1-14(18-11-16-5-2-3-7-19(16)22-12-18)26-21(25)17-6-4-10-23(13-17)20(24)15-8-9-15/h2-3,5,7,11-12,14-15,17H,4,6,8-10,13H2,1H3. The molecule has 1 aliphatic carbocycles. The summed E-state index contributed by atoms with van der Waals surface area (Å²) in [5.41, 5.74) is 1.81. The van der Waals surface area contributed by atoms with Crippen LogP contribution >= 0.6 is 0 Å². The Kier molecular flexibility index (Phi) is 4.62.